The number of esters is 1. The predicted molar refractivity (Wildman–Crippen MR) is 297 cm³/mol. The molecule has 5 aliphatic heterocycles. The molecule has 2 aliphatic carbocycles. The third-order valence-corrected chi connectivity index (χ3v) is 19.3. The maximum atomic E-state index is 15.2. The van der Waals surface area contributed by atoms with Crippen LogP contribution in [-0.2, 0) is 51.0 Å². The van der Waals surface area contributed by atoms with Crippen molar-refractivity contribution in [3.8, 4) is 22.5 Å². The number of hydrazine groups is 1. The van der Waals surface area contributed by atoms with Crippen molar-refractivity contribution in [3.63, 3.8) is 0 Å². The van der Waals surface area contributed by atoms with E-state index in [9.17, 15) is 9.59 Å². The van der Waals surface area contributed by atoms with E-state index in [1.54, 1.807) is 19.2 Å². The highest BCUT2D eigenvalue weighted by atomic mass is 32.1. The number of nitrogens with one attached hydrogen (secondary N) is 2. The molecule has 11 rings (SSSR count). The Kier molecular flexibility index (Phi) is 15.6. The Hall–Kier alpha value is -4.33. The zero-order valence-corrected chi connectivity index (χ0v) is 48.0. The van der Waals surface area contributed by atoms with Crippen LogP contribution in [0.4, 0.5) is 0 Å². The summed E-state index contributed by atoms with van der Waals surface area (Å²) in [6.07, 6.45) is 11.8. The fraction of sp³-hybridized carbons (Fsp3) is 0.683. The number of benzene rings is 1. The molecule has 2 N–H and O–H groups in total. The van der Waals surface area contributed by atoms with Gasteiger partial charge in [-0.25, -0.2) is 10.4 Å². The number of carbonyl (C=O) groups is 3. The van der Waals surface area contributed by atoms with Gasteiger partial charge in [-0.15, -0.1) is 11.3 Å². The van der Waals surface area contributed by atoms with Gasteiger partial charge in [-0.05, 0) is 139 Å². The number of amides is 2. The lowest BCUT2D eigenvalue weighted by Gasteiger charge is -2.59. The first-order valence-corrected chi connectivity index (χ1v) is 29.8. The summed E-state index contributed by atoms with van der Waals surface area (Å²) in [5, 5.41) is 8.71. The van der Waals surface area contributed by atoms with Crippen molar-refractivity contribution in [1.82, 2.24) is 40.1 Å². The Morgan fingerprint density at radius 1 is 1.01 bits per heavy atom. The second-order valence-electron chi connectivity index (χ2n) is 25.4. The van der Waals surface area contributed by atoms with Crippen LogP contribution in [0.3, 0.4) is 0 Å². The molecule has 2 amide bonds. The molecule has 6 bridgehead atoms. The van der Waals surface area contributed by atoms with Gasteiger partial charge >= 0.3 is 5.97 Å². The summed E-state index contributed by atoms with van der Waals surface area (Å²) in [5.74, 6) is -0.602. The van der Waals surface area contributed by atoms with E-state index in [0.29, 0.717) is 51.5 Å². The summed E-state index contributed by atoms with van der Waals surface area (Å²) in [7, 11) is 3.51. The zero-order chi connectivity index (χ0) is 54.0. The summed E-state index contributed by atoms with van der Waals surface area (Å²) in [4.78, 5) is 59.6. The number of fused-ring (bicyclic) bond motifs is 6. The molecular formula is C60H84N8O8S. The summed E-state index contributed by atoms with van der Waals surface area (Å²) in [6, 6.07) is 7.54. The van der Waals surface area contributed by atoms with Crippen LogP contribution in [-0.4, -0.2) is 150 Å². The molecule has 17 heteroatoms. The summed E-state index contributed by atoms with van der Waals surface area (Å²) in [5.41, 5.74) is 10.8. The number of rotatable bonds is 15. The van der Waals surface area contributed by atoms with Crippen LogP contribution in [0.1, 0.15) is 153 Å². The molecule has 16 nitrogen and oxygen atoms in total. The van der Waals surface area contributed by atoms with Gasteiger partial charge in [-0.1, -0.05) is 33.3 Å². The number of methoxy groups -OCH3 is 2. The Bertz CT molecular complexity index is 2800. The van der Waals surface area contributed by atoms with Crippen LogP contribution in [0.5, 0.6) is 0 Å². The third kappa shape index (κ3) is 11.3. The number of aromatic nitrogens is 3. The number of carbonyl (C=O) groups excluding carboxylic acids is 3. The number of pyridine rings is 1. The van der Waals surface area contributed by atoms with Crippen molar-refractivity contribution in [2.24, 2.45) is 16.7 Å². The molecule has 1 spiro atoms. The molecule has 0 radical (unpaired) electrons. The molecule has 1 aromatic carbocycles. The number of thiazole rings is 1. The Morgan fingerprint density at radius 2 is 1.79 bits per heavy atom. The standard InChI is InChI=1S/C60H84N8O8S/c1-36-31-75-53(36)54(69)63-50-52(66-33-60(34-66)19-11-20-60)55-62-47(32-77-55)40-13-16-48-43(26-40)45(29-58(4,5)35-76-57(71)46-12-10-21-68(64-46)56(50)70)51(67(48)24-25-74-37(2)28-59(6,7)73-9)44-27-41(30-61-49(44)38(3)72-8)39-17-22-65(23-18-39)42-14-15-42/h13,16,26-27,30,32,36-39,42,46,50,52-53,64H,10-12,14-15,17-25,28-29,31,33-35H2,1-9H3,(H,63,69)/t36-,37-,38-,46-,50-,52-,53-/m0/s1. The quantitative estimate of drug-likeness (QED) is 0.109. The van der Waals surface area contributed by atoms with E-state index < -0.39 is 35.6 Å². The fourth-order valence-electron chi connectivity index (χ4n) is 13.3. The largest absolute Gasteiger partial charge is 0.464 e. The van der Waals surface area contributed by atoms with E-state index >= 15 is 4.79 Å². The lowest BCUT2D eigenvalue weighted by atomic mass is 9.63. The van der Waals surface area contributed by atoms with Gasteiger partial charge in [0.2, 0.25) is 5.91 Å². The van der Waals surface area contributed by atoms with Gasteiger partial charge in [0.25, 0.3) is 5.91 Å². The zero-order valence-electron chi connectivity index (χ0n) is 47.2. The van der Waals surface area contributed by atoms with Crippen molar-refractivity contribution in [2.75, 3.05) is 66.8 Å². The first-order chi connectivity index (χ1) is 36.9. The molecule has 418 valence electrons. The minimum Gasteiger partial charge on any atom is -0.464 e. The highest BCUT2D eigenvalue weighted by molar-refractivity contribution is 7.10. The minimum absolute atomic E-state index is 0.0257. The summed E-state index contributed by atoms with van der Waals surface area (Å²) >= 11 is 1.53. The average molecular weight is 1080 g/mol. The average Bonchev–Trinajstić information content (AvgIpc) is 4.24. The first-order valence-electron chi connectivity index (χ1n) is 28.9. The SMILES string of the molecule is CO[C@@H](C)c1ncc(C2CCN(C3CC3)CC2)cc1-c1c2c3cc(ccc3n1CCO[C@@H](C)CC(C)(C)OC)-c1csc(n1)[C@@H](N1CC3(CCC3)C1)[C@H](NC(=O)[C@H]1OC[C@@H]1C)C(=O)N1CCC[C@H](N1)C(=O)OCC(C)(C)C2. The van der Waals surface area contributed by atoms with Gasteiger partial charge < -0.3 is 38.5 Å². The van der Waals surface area contributed by atoms with Gasteiger partial charge in [0, 0.05) is 97.8 Å². The second-order valence-corrected chi connectivity index (χ2v) is 26.3. The van der Waals surface area contributed by atoms with E-state index in [1.807, 2.05) is 6.92 Å². The number of hydrogen-bond donors (Lipinski definition) is 2. The smallest absolute Gasteiger partial charge is 0.324 e. The molecule has 0 unspecified atom stereocenters. The van der Waals surface area contributed by atoms with Crippen molar-refractivity contribution in [2.45, 2.75) is 180 Å². The van der Waals surface area contributed by atoms with Crippen molar-refractivity contribution in [1.29, 1.82) is 0 Å². The van der Waals surface area contributed by atoms with E-state index in [1.165, 1.54) is 36.2 Å². The Balaban J connectivity index is 1.06. The normalized spacial score (nSPS) is 27.1. The number of ether oxygens (including phenoxy) is 5. The van der Waals surface area contributed by atoms with Crippen LogP contribution < -0.4 is 10.7 Å². The van der Waals surface area contributed by atoms with E-state index in [2.05, 4.69) is 102 Å². The first kappa shape index (κ1) is 54.6. The second kappa shape index (κ2) is 22.0. The minimum atomic E-state index is -0.995. The van der Waals surface area contributed by atoms with Crippen molar-refractivity contribution in [3.05, 3.63) is 57.7 Å². The molecular weight excluding hydrogens is 993 g/mol. The summed E-state index contributed by atoms with van der Waals surface area (Å²) in [6.45, 7) is 20.6. The van der Waals surface area contributed by atoms with Crippen LogP contribution in [0, 0.1) is 16.7 Å². The number of nitrogens with zero attached hydrogens (tertiary/aromatic N) is 6. The van der Waals surface area contributed by atoms with E-state index in [4.69, 9.17) is 33.7 Å². The maximum Gasteiger partial charge on any atom is 0.324 e. The molecule has 3 aromatic heterocycles. The van der Waals surface area contributed by atoms with Crippen LogP contribution >= 0.6 is 11.3 Å². The molecule has 4 saturated heterocycles. The lowest BCUT2D eigenvalue weighted by molar-refractivity contribution is -0.165. The van der Waals surface area contributed by atoms with E-state index in [0.717, 1.165) is 114 Å². The summed E-state index contributed by atoms with van der Waals surface area (Å²) < 4.78 is 33.2. The number of hydrogen-bond acceptors (Lipinski definition) is 14. The Labute approximate surface area is 459 Å². The molecule has 8 heterocycles. The number of likely N-dealkylation sites (tertiary alicyclic amines) is 2. The fourth-order valence-corrected chi connectivity index (χ4v) is 14.3. The predicted octanol–water partition coefficient (Wildman–Crippen LogP) is 8.76. The Morgan fingerprint density at radius 3 is 2.47 bits per heavy atom. The highest BCUT2D eigenvalue weighted by Crippen LogP contribution is 2.52. The topological polar surface area (TPSA) is 162 Å². The van der Waals surface area contributed by atoms with Crippen molar-refractivity contribution >= 4 is 40.0 Å². The molecule has 7 aliphatic rings. The van der Waals surface area contributed by atoms with Gasteiger partial charge in [0.15, 0.2) is 0 Å². The monoisotopic (exact) mass is 1080 g/mol. The van der Waals surface area contributed by atoms with Gasteiger partial charge in [-0.2, -0.15) is 0 Å². The van der Waals surface area contributed by atoms with Gasteiger partial charge in [0.05, 0.1) is 60.8 Å². The highest BCUT2D eigenvalue weighted by Gasteiger charge is 2.54. The molecule has 6 fully saturated rings. The van der Waals surface area contributed by atoms with Crippen LogP contribution in [0.2, 0.25) is 0 Å². The number of piperidine rings is 1. The molecule has 2 saturated carbocycles. The van der Waals surface area contributed by atoms with Gasteiger partial charge in [0.1, 0.15) is 23.2 Å². The van der Waals surface area contributed by atoms with Crippen molar-refractivity contribution < 1.29 is 38.1 Å². The maximum absolute atomic E-state index is 15.2. The molecule has 4 aromatic rings. The number of cyclic esters (lactones) is 1. The lowest BCUT2D eigenvalue weighted by Crippen LogP contribution is -2.68. The third-order valence-electron chi connectivity index (χ3n) is 18.4. The van der Waals surface area contributed by atoms with Gasteiger partial charge in [-0.3, -0.25) is 29.3 Å². The molecule has 77 heavy (non-hydrogen) atoms. The van der Waals surface area contributed by atoms with Crippen LogP contribution in [0.15, 0.2) is 35.8 Å². The van der Waals surface area contributed by atoms with Crippen LogP contribution in [0.25, 0.3) is 33.4 Å². The van der Waals surface area contributed by atoms with E-state index in [-0.39, 0.29) is 47.6 Å². The molecule has 7 atom stereocenters.